The van der Waals surface area contributed by atoms with E-state index in [1.165, 1.54) is 0 Å². The van der Waals surface area contributed by atoms with E-state index in [0.717, 1.165) is 22.3 Å². The number of anilines is 1. The number of nitrogens with zero attached hydrogens (tertiary/aromatic N) is 1. The Labute approximate surface area is 126 Å². The van der Waals surface area contributed by atoms with Gasteiger partial charge in [0.05, 0.1) is 6.61 Å². The Hall–Kier alpha value is -1.75. The van der Waals surface area contributed by atoms with Gasteiger partial charge in [-0.05, 0) is 52.7 Å². The van der Waals surface area contributed by atoms with Gasteiger partial charge in [-0.15, -0.1) is 0 Å². The second kappa shape index (κ2) is 6.61. The van der Waals surface area contributed by atoms with Crippen LogP contribution in [0, 0.1) is 0 Å². The molecule has 1 heterocycles. The van der Waals surface area contributed by atoms with Crippen LogP contribution in [-0.2, 0) is 7.05 Å². The zero-order chi connectivity index (χ0) is 14.5. The summed E-state index contributed by atoms with van der Waals surface area (Å²) in [5.41, 5.74) is 1.35. The third-order valence-electron chi connectivity index (χ3n) is 2.79. The first-order valence-corrected chi connectivity index (χ1v) is 7.25. The summed E-state index contributed by atoms with van der Waals surface area (Å²) in [4.78, 5) is 12.1. The number of amides is 1. The molecule has 0 atom stereocenters. The molecule has 5 heteroatoms. The molecule has 1 aromatic heterocycles. The van der Waals surface area contributed by atoms with Crippen LogP contribution in [0.4, 0.5) is 5.69 Å². The van der Waals surface area contributed by atoms with E-state index in [9.17, 15) is 4.79 Å². The van der Waals surface area contributed by atoms with Crippen LogP contribution in [0.2, 0.25) is 0 Å². The Kier molecular flexibility index (Phi) is 4.84. The first-order chi connectivity index (χ1) is 9.60. The zero-order valence-corrected chi connectivity index (χ0v) is 13.1. The molecule has 4 nitrogen and oxygen atoms in total. The van der Waals surface area contributed by atoms with Gasteiger partial charge < -0.3 is 14.6 Å². The molecule has 0 fully saturated rings. The van der Waals surface area contributed by atoms with Crippen molar-refractivity contribution in [3.05, 3.63) is 46.7 Å². The third-order valence-corrected chi connectivity index (χ3v) is 3.22. The summed E-state index contributed by atoms with van der Waals surface area (Å²) < 4.78 is 8.16. The average Bonchev–Trinajstić information content (AvgIpc) is 2.77. The summed E-state index contributed by atoms with van der Waals surface area (Å²) in [6.07, 6.45) is 2.82. The predicted octanol–water partition coefficient (Wildman–Crippen LogP) is 3.83. The van der Waals surface area contributed by atoms with Gasteiger partial charge in [-0.2, -0.15) is 0 Å². The number of benzene rings is 1. The maximum atomic E-state index is 12.1. The van der Waals surface area contributed by atoms with Crippen molar-refractivity contribution in [2.45, 2.75) is 13.3 Å². The standard InChI is InChI=1S/C15H17BrN2O2/c1-3-8-20-13-6-4-12(5-7-13)17-15(19)14-9-11(16)10-18(14)2/h4-7,9-10H,3,8H2,1-2H3,(H,17,19). The number of hydrogen-bond donors (Lipinski definition) is 1. The van der Waals surface area contributed by atoms with Crippen LogP contribution in [0.3, 0.4) is 0 Å². The molecule has 0 radical (unpaired) electrons. The van der Waals surface area contributed by atoms with Crippen molar-refractivity contribution in [3.63, 3.8) is 0 Å². The van der Waals surface area contributed by atoms with E-state index in [1.54, 1.807) is 10.6 Å². The highest BCUT2D eigenvalue weighted by atomic mass is 79.9. The van der Waals surface area contributed by atoms with Crippen molar-refractivity contribution >= 4 is 27.5 Å². The number of hydrogen-bond acceptors (Lipinski definition) is 2. The second-order valence-corrected chi connectivity index (χ2v) is 5.40. The zero-order valence-electron chi connectivity index (χ0n) is 11.5. The topological polar surface area (TPSA) is 43.3 Å². The molecule has 0 aliphatic carbocycles. The number of halogens is 1. The Morgan fingerprint density at radius 2 is 2.05 bits per heavy atom. The number of aryl methyl sites for hydroxylation is 1. The summed E-state index contributed by atoms with van der Waals surface area (Å²) in [5, 5.41) is 2.86. The molecule has 2 rings (SSSR count). The van der Waals surface area contributed by atoms with Gasteiger partial charge in [0, 0.05) is 23.4 Å². The lowest BCUT2D eigenvalue weighted by Gasteiger charge is -2.08. The molecular weight excluding hydrogens is 320 g/mol. The van der Waals surface area contributed by atoms with Crippen LogP contribution in [0.15, 0.2) is 41.0 Å². The SMILES string of the molecule is CCCOc1ccc(NC(=O)c2cc(Br)cn2C)cc1. The minimum absolute atomic E-state index is 0.138. The average molecular weight is 337 g/mol. The highest BCUT2D eigenvalue weighted by molar-refractivity contribution is 9.10. The first-order valence-electron chi connectivity index (χ1n) is 6.46. The van der Waals surface area contributed by atoms with Crippen molar-refractivity contribution in [2.75, 3.05) is 11.9 Å². The van der Waals surface area contributed by atoms with Crippen LogP contribution in [0.5, 0.6) is 5.75 Å². The van der Waals surface area contributed by atoms with Crippen LogP contribution in [0.1, 0.15) is 23.8 Å². The molecular formula is C15H17BrN2O2. The molecule has 0 spiro atoms. The van der Waals surface area contributed by atoms with Crippen LogP contribution >= 0.6 is 15.9 Å². The molecule has 0 bridgehead atoms. The molecule has 0 aliphatic heterocycles. The number of aromatic nitrogens is 1. The molecule has 1 N–H and O–H groups in total. The lowest BCUT2D eigenvalue weighted by molar-refractivity contribution is 0.101. The monoisotopic (exact) mass is 336 g/mol. The molecule has 0 saturated carbocycles. The van der Waals surface area contributed by atoms with E-state index in [2.05, 4.69) is 28.2 Å². The minimum atomic E-state index is -0.138. The van der Waals surface area contributed by atoms with Crippen molar-refractivity contribution in [1.82, 2.24) is 4.57 Å². The maximum Gasteiger partial charge on any atom is 0.272 e. The Bertz CT molecular complexity index is 590. The van der Waals surface area contributed by atoms with Gasteiger partial charge in [-0.1, -0.05) is 6.92 Å². The van der Waals surface area contributed by atoms with Crippen LogP contribution < -0.4 is 10.1 Å². The van der Waals surface area contributed by atoms with Gasteiger partial charge in [0.15, 0.2) is 0 Å². The van der Waals surface area contributed by atoms with Crippen molar-refractivity contribution in [1.29, 1.82) is 0 Å². The molecule has 0 aliphatic rings. The number of nitrogens with one attached hydrogen (secondary N) is 1. The van der Waals surface area contributed by atoms with Crippen LogP contribution in [0.25, 0.3) is 0 Å². The van der Waals surface area contributed by atoms with Crippen molar-refractivity contribution in [3.8, 4) is 5.75 Å². The Morgan fingerprint density at radius 1 is 1.35 bits per heavy atom. The van der Waals surface area contributed by atoms with Gasteiger partial charge in [0.2, 0.25) is 0 Å². The third kappa shape index (κ3) is 3.63. The fourth-order valence-electron chi connectivity index (χ4n) is 1.80. The predicted molar refractivity (Wildman–Crippen MR) is 83.3 cm³/mol. The van der Waals surface area contributed by atoms with E-state index in [4.69, 9.17) is 4.74 Å². The van der Waals surface area contributed by atoms with Gasteiger partial charge in [-0.3, -0.25) is 4.79 Å². The molecule has 20 heavy (non-hydrogen) atoms. The smallest absolute Gasteiger partial charge is 0.272 e. The van der Waals surface area contributed by atoms with Gasteiger partial charge in [0.1, 0.15) is 11.4 Å². The lowest BCUT2D eigenvalue weighted by Crippen LogP contribution is -2.15. The summed E-state index contributed by atoms with van der Waals surface area (Å²) in [6.45, 7) is 2.76. The van der Waals surface area contributed by atoms with E-state index in [-0.39, 0.29) is 5.91 Å². The minimum Gasteiger partial charge on any atom is -0.494 e. The van der Waals surface area contributed by atoms with Gasteiger partial charge in [0.25, 0.3) is 5.91 Å². The van der Waals surface area contributed by atoms with E-state index >= 15 is 0 Å². The highest BCUT2D eigenvalue weighted by Gasteiger charge is 2.11. The molecule has 1 aromatic carbocycles. The van der Waals surface area contributed by atoms with Crippen molar-refractivity contribution < 1.29 is 9.53 Å². The second-order valence-electron chi connectivity index (χ2n) is 4.48. The fourth-order valence-corrected chi connectivity index (χ4v) is 2.32. The molecule has 106 valence electrons. The van der Waals surface area contributed by atoms with Crippen molar-refractivity contribution in [2.24, 2.45) is 7.05 Å². The highest BCUT2D eigenvalue weighted by Crippen LogP contribution is 2.18. The first kappa shape index (κ1) is 14.7. The Morgan fingerprint density at radius 3 is 2.60 bits per heavy atom. The molecule has 0 saturated heterocycles. The summed E-state index contributed by atoms with van der Waals surface area (Å²) in [6, 6.07) is 9.16. The Balaban J connectivity index is 2.02. The largest absolute Gasteiger partial charge is 0.494 e. The normalized spacial score (nSPS) is 10.3. The summed E-state index contributed by atoms with van der Waals surface area (Å²) in [7, 11) is 1.83. The lowest BCUT2D eigenvalue weighted by atomic mass is 10.3. The number of carbonyl (C=O) groups is 1. The van der Waals surface area contributed by atoms with E-state index in [1.807, 2.05) is 37.5 Å². The van der Waals surface area contributed by atoms with Gasteiger partial charge >= 0.3 is 0 Å². The number of carbonyl (C=O) groups excluding carboxylic acids is 1. The number of rotatable bonds is 5. The molecule has 2 aromatic rings. The van der Waals surface area contributed by atoms with E-state index < -0.39 is 0 Å². The maximum absolute atomic E-state index is 12.1. The van der Waals surface area contributed by atoms with E-state index in [0.29, 0.717) is 12.3 Å². The molecule has 0 unspecified atom stereocenters. The summed E-state index contributed by atoms with van der Waals surface area (Å²) in [5.74, 6) is 0.673. The van der Waals surface area contributed by atoms with Gasteiger partial charge in [-0.25, -0.2) is 0 Å². The summed E-state index contributed by atoms with van der Waals surface area (Å²) >= 11 is 3.35. The van der Waals surface area contributed by atoms with Crippen LogP contribution in [-0.4, -0.2) is 17.1 Å². The fraction of sp³-hybridized carbons (Fsp3) is 0.267. The number of ether oxygens (including phenoxy) is 1. The molecule has 1 amide bonds. The quantitative estimate of drug-likeness (QED) is 0.901.